The molecular formula is C20H16Cl2N4O2S. The third-order valence-corrected chi connectivity index (χ3v) is 6.69. The molecule has 0 saturated carbocycles. The van der Waals surface area contributed by atoms with Crippen molar-refractivity contribution < 1.29 is 8.42 Å². The summed E-state index contributed by atoms with van der Waals surface area (Å²) >= 11 is 12.4. The van der Waals surface area contributed by atoms with Gasteiger partial charge < -0.3 is 4.57 Å². The van der Waals surface area contributed by atoms with Gasteiger partial charge in [-0.3, -0.25) is 0 Å². The number of hydrogen-bond acceptors (Lipinski definition) is 4. The fourth-order valence-corrected chi connectivity index (χ4v) is 4.70. The second-order valence-corrected chi connectivity index (χ2v) is 8.86. The van der Waals surface area contributed by atoms with Gasteiger partial charge in [0, 0.05) is 11.2 Å². The van der Waals surface area contributed by atoms with Gasteiger partial charge in [-0.05, 0) is 35.9 Å². The molecule has 2 heterocycles. The van der Waals surface area contributed by atoms with Gasteiger partial charge in [-0.25, -0.2) is 23.1 Å². The molecule has 2 aromatic carbocycles. The number of aromatic nitrogens is 3. The Morgan fingerprint density at radius 3 is 2.41 bits per heavy atom. The Morgan fingerprint density at radius 2 is 1.66 bits per heavy atom. The van der Waals surface area contributed by atoms with Gasteiger partial charge in [0.25, 0.3) is 0 Å². The first-order valence-corrected chi connectivity index (χ1v) is 11.0. The zero-order valence-electron chi connectivity index (χ0n) is 15.1. The summed E-state index contributed by atoms with van der Waals surface area (Å²) in [5, 5.41) is 0.777. The highest BCUT2D eigenvalue weighted by Gasteiger charge is 2.20. The molecule has 148 valence electrons. The number of imidazole rings is 1. The first-order chi connectivity index (χ1) is 14.0. The van der Waals surface area contributed by atoms with Crippen molar-refractivity contribution in [2.45, 2.75) is 18.0 Å². The van der Waals surface area contributed by atoms with E-state index in [-0.39, 0.29) is 16.5 Å². The zero-order valence-corrected chi connectivity index (χ0v) is 17.4. The van der Waals surface area contributed by atoms with E-state index in [0.29, 0.717) is 28.6 Å². The molecule has 0 unspecified atom stereocenters. The Hall–Kier alpha value is -2.45. The van der Waals surface area contributed by atoms with Crippen LogP contribution < -0.4 is 4.72 Å². The topological polar surface area (TPSA) is 76.9 Å². The fourth-order valence-electron chi connectivity index (χ4n) is 3.00. The highest BCUT2D eigenvalue weighted by molar-refractivity contribution is 7.89. The van der Waals surface area contributed by atoms with Crippen molar-refractivity contribution in [3.8, 4) is 0 Å². The summed E-state index contributed by atoms with van der Waals surface area (Å²) in [5.41, 5.74) is 2.21. The van der Waals surface area contributed by atoms with Gasteiger partial charge in [0.15, 0.2) is 5.65 Å². The lowest BCUT2D eigenvalue weighted by atomic mass is 10.2. The quantitative estimate of drug-likeness (QED) is 0.479. The summed E-state index contributed by atoms with van der Waals surface area (Å²) in [4.78, 5) is 8.98. The molecule has 0 aliphatic rings. The summed E-state index contributed by atoms with van der Waals surface area (Å²) < 4.78 is 29.8. The van der Waals surface area contributed by atoms with E-state index in [4.69, 9.17) is 23.2 Å². The third-order valence-electron chi connectivity index (χ3n) is 4.42. The van der Waals surface area contributed by atoms with Crippen LogP contribution in [0.4, 0.5) is 0 Å². The van der Waals surface area contributed by atoms with Gasteiger partial charge in [-0.15, -0.1) is 0 Å². The molecule has 0 amide bonds. The van der Waals surface area contributed by atoms with Gasteiger partial charge in [0.2, 0.25) is 10.0 Å². The van der Waals surface area contributed by atoms with E-state index in [1.165, 1.54) is 12.1 Å². The molecule has 0 aliphatic carbocycles. The van der Waals surface area contributed by atoms with Crippen LogP contribution in [0.1, 0.15) is 11.4 Å². The summed E-state index contributed by atoms with van der Waals surface area (Å²) in [7, 11) is -3.81. The van der Waals surface area contributed by atoms with Crippen LogP contribution in [0.5, 0.6) is 0 Å². The second kappa shape index (κ2) is 8.12. The van der Waals surface area contributed by atoms with Crippen molar-refractivity contribution in [1.29, 1.82) is 0 Å². The van der Waals surface area contributed by atoms with E-state index in [2.05, 4.69) is 14.7 Å². The molecular weight excluding hydrogens is 431 g/mol. The van der Waals surface area contributed by atoms with Gasteiger partial charge in [0.05, 0.1) is 18.1 Å². The van der Waals surface area contributed by atoms with Crippen LogP contribution in [-0.4, -0.2) is 23.0 Å². The Balaban J connectivity index is 1.69. The minimum Gasteiger partial charge on any atom is -0.307 e. The summed E-state index contributed by atoms with van der Waals surface area (Å²) in [6.07, 6.45) is 1.67. The highest BCUT2D eigenvalue weighted by Crippen LogP contribution is 2.23. The maximum atomic E-state index is 12.7. The van der Waals surface area contributed by atoms with Gasteiger partial charge >= 0.3 is 0 Å². The lowest BCUT2D eigenvalue weighted by Crippen LogP contribution is -2.25. The Kier molecular flexibility index (Phi) is 5.56. The van der Waals surface area contributed by atoms with E-state index in [1.54, 1.807) is 24.4 Å². The van der Waals surface area contributed by atoms with E-state index in [0.717, 1.165) is 5.56 Å². The summed E-state index contributed by atoms with van der Waals surface area (Å²) in [6, 6.07) is 17.4. The molecule has 4 aromatic rings. The number of pyridine rings is 1. The molecule has 0 fully saturated rings. The van der Waals surface area contributed by atoms with Crippen LogP contribution in [0.2, 0.25) is 10.0 Å². The molecule has 0 saturated heterocycles. The lowest BCUT2D eigenvalue weighted by Gasteiger charge is -2.12. The maximum absolute atomic E-state index is 12.7. The molecule has 0 aliphatic heterocycles. The predicted molar refractivity (Wildman–Crippen MR) is 114 cm³/mol. The SMILES string of the molecule is O=S(=O)(NCc1nc2cccnc2n1Cc1ccccc1Cl)c1ccccc1Cl. The Bertz CT molecular complexity index is 1290. The molecule has 9 heteroatoms. The molecule has 1 N–H and O–H groups in total. The summed E-state index contributed by atoms with van der Waals surface area (Å²) in [5.74, 6) is 0.522. The fraction of sp³-hybridized carbons (Fsp3) is 0.100. The van der Waals surface area contributed by atoms with E-state index < -0.39 is 10.0 Å². The Morgan fingerprint density at radius 1 is 0.931 bits per heavy atom. The molecule has 4 rings (SSSR count). The number of halogens is 2. The smallest absolute Gasteiger partial charge is 0.242 e. The number of rotatable bonds is 6. The number of nitrogens with one attached hydrogen (secondary N) is 1. The Labute approximate surface area is 178 Å². The zero-order chi connectivity index (χ0) is 20.4. The minimum absolute atomic E-state index is 0.0195. The average molecular weight is 447 g/mol. The second-order valence-electron chi connectivity index (χ2n) is 6.31. The number of sulfonamides is 1. The van der Waals surface area contributed by atoms with Crippen molar-refractivity contribution in [3.05, 3.63) is 88.3 Å². The third kappa shape index (κ3) is 4.13. The van der Waals surface area contributed by atoms with Crippen molar-refractivity contribution in [2.75, 3.05) is 0 Å². The normalized spacial score (nSPS) is 11.8. The number of fused-ring (bicyclic) bond motifs is 1. The van der Waals surface area contributed by atoms with Gasteiger partial charge in [0.1, 0.15) is 16.2 Å². The van der Waals surface area contributed by atoms with Crippen LogP contribution in [0, 0.1) is 0 Å². The van der Waals surface area contributed by atoms with Crippen LogP contribution in [0.25, 0.3) is 11.2 Å². The first kappa shape index (κ1) is 19.8. The van der Waals surface area contributed by atoms with Gasteiger partial charge in [-0.2, -0.15) is 0 Å². The highest BCUT2D eigenvalue weighted by atomic mass is 35.5. The number of nitrogens with zero attached hydrogens (tertiary/aromatic N) is 3. The van der Waals surface area contributed by atoms with Crippen LogP contribution in [0.3, 0.4) is 0 Å². The molecule has 29 heavy (non-hydrogen) atoms. The van der Waals surface area contributed by atoms with Crippen LogP contribution in [-0.2, 0) is 23.1 Å². The first-order valence-electron chi connectivity index (χ1n) is 8.73. The lowest BCUT2D eigenvalue weighted by molar-refractivity contribution is 0.576. The molecule has 0 atom stereocenters. The van der Waals surface area contributed by atoms with Crippen molar-refractivity contribution in [3.63, 3.8) is 0 Å². The molecule has 2 aromatic heterocycles. The van der Waals surface area contributed by atoms with Crippen LogP contribution >= 0.6 is 23.2 Å². The van der Waals surface area contributed by atoms with Crippen molar-refractivity contribution in [2.24, 2.45) is 0 Å². The number of benzene rings is 2. The predicted octanol–water partition coefficient (Wildman–Crippen LogP) is 4.26. The van der Waals surface area contributed by atoms with Crippen molar-refractivity contribution in [1.82, 2.24) is 19.3 Å². The van der Waals surface area contributed by atoms with E-state index in [9.17, 15) is 8.42 Å². The minimum atomic E-state index is -3.81. The maximum Gasteiger partial charge on any atom is 0.242 e. The van der Waals surface area contributed by atoms with Crippen molar-refractivity contribution >= 4 is 44.4 Å². The summed E-state index contributed by atoms with van der Waals surface area (Å²) in [6.45, 7) is 0.394. The van der Waals surface area contributed by atoms with E-state index in [1.807, 2.05) is 34.9 Å². The molecule has 0 radical (unpaired) electrons. The molecule has 0 bridgehead atoms. The van der Waals surface area contributed by atoms with E-state index >= 15 is 0 Å². The monoisotopic (exact) mass is 446 g/mol. The molecule has 6 nitrogen and oxygen atoms in total. The molecule has 0 spiro atoms. The largest absolute Gasteiger partial charge is 0.307 e. The number of hydrogen-bond donors (Lipinski definition) is 1. The average Bonchev–Trinajstić information content (AvgIpc) is 3.06. The van der Waals surface area contributed by atoms with Gasteiger partial charge in [-0.1, -0.05) is 53.5 Å². The van der Waals surface area contributed by atoms with Crippen LogP contribution in [0.15, 0.2) is 71.8 Å². The standard InChI is InChI=1S/C20H16Cl2N4O2S/c21-15-7-2-1-6-14(15)13-26-19(25-17-9-5-11-23-20(17)26)12-24-29(27,28)18-10-4-3-8-16(18)22/h1-11,24H,12-13H2.